The number of nitro groups is 1. The van der Waals surface area contributed by atoms with Gasteiger partial charge in [0.05, 0.1) is 23.1 Å². The van der Waals surface area contributed by atoms with E-state index >= 15 is 0 Å². The van der Waals surface area contributed by atoms with Crippen LogP contribution in [0, 0.1) is 15.9 Å². The van der Waals surface area contributed by atoms with Gasteiger partial charge in [-0.3, -0.25) is 24.6 Å². The van der Waals surface area contributed by atoms with Crippen LogP contribution in [0.1, 0.15) is 23.6 Å². The Labute approximate surface area is 239 Å². The summed E-state index contributed by atoms with van der Waals surface area (Å²) in [5.41, 5.74) is 0.377. The van der Waals surface area contributed by atoms with Gasteiger partial charge in [-0.25, -0.2) is 17.6 Å². The second kappa shape index (κ2) is 12.7. The molecule has 3 aromatic carbocycles. The molecule has 220 valence electrons. The summed E-state index contributed by atoms with van der Waals surface area (Å²) in [5, 5.41) is 25.7. The molecule has 3 aromatic rings. The number of rotatable bonds is 10. The van der Waals surface area contributed by atoms with Gasteiger partial charge in [0, 0.05) is 30.9 Å². The molecule has 0 aromatic heterocycles. The number of nitrogens with zero attached hydrogens (tertiary/aromatic N) is 3. The predicted octanol–water partition coefficient (Wildman–Crippen LogP) is 3.07. The summed E-state index contributed by atoms with van der Waals surface area (Å²) in [6, 6.07) is 15.8. The van der Waals surface area contributed by atoms with E-state index in [2.05, 4.69) is 10.6 Å². The first-order valence-electron chi connectivity index (χ1n) is 12.6. The van der Waals surface area contributed by atoms with Crippen LogP contribution in [0.4, 0.5) is 20.6 Å². The van der Waals surface area contributed by atoms with Gasteiger partial charge in [-0.2, -0.15) is 4.31 Å². The van der Waals surface area contributed by atoms with E-state index in [0.29, 0.717) is 5.56 Å². The van der Waals surface area contributed by atoms with Crippen LogP contribution in [0.3, 0.4) is 0 Å². The van der Waals surface area contributed by atoms with Gasteiger partial charge in [-0.1, -0.05) is 42.5 Å². The molecular formula is C27H26FN5O8S. The van der Waals surface area contributed by atoms with E-state index in [0.717, 1.165) is 27.4 Å². The summed E-state index contributed by atoms with van der Waals surface area (Å²) in [4.78, 5) is 50.2. The Balaban J connectivity index is 1.67. The number of nitro benzene ring substituents is 1. The molecule has 2 atom stereocenters. The number of carboxylic acid groups (broad SMARTS) is 1. The summed E-state index contributed by atoms with van der Waals surface area (Å²) in [6.45, 7) is -0.440. The standard InChI is InChI=1S/C27H26FN5O8S/c28-20-9-11-21(12-10-20)29-27(37)31-13-14-32(42(40,41)17-18-5-2-1-3-6-18)26(31)25(36)30-23(16-24(34)35)19-7-4-8-22(15-19)33(38)39/h1-12,15,23,26H,13-14,16-17H2,(H,29,37)(H,30,36)(H,34,35). The van der Waals surface area contributed by atoms with E-state index in [9.17, 15) is 42.4 Å². The van der Waals surface area contributed by atoms with Crippen molar-refractivity contribution < 1.29 is 37.2 Å². The Morgan fingerprint density at radius 2 is 1.71 bits per heavy atom. The molecule has 13 nitrogen and oxygen atoms in total. The molecule has 2 unspecified atom stereocenters. The highest BCUT2D eigenvalue weighted by atomic mass is 32.2. The van der Waals surface area contributed by atoms with Crippen molar-refractivity contribution in [2.45, 2.75) is 24.4 Å². The number of benzene rings is 3. The molecule has 1 aliphatic heterocycles. The van der Waals surface area contributed by atoms with Gasteiger partial charge in [-0.05, 0) is 35.4 Å². The van der Waals surface area contributed by atoms with E-state index < -0.39 is 63.1 Å². The topological polar surface area (TPSA) is 179 Å². The first kappa shape index (κ1) is 30.1. The summed E-state index contributed by atoms with van der Waals surface area (Å²) >= 11 is 0. The van der Waals surface area contributed by atoms with E-state index in [1.807, 2.05) is 0 Å². The van der Waals surface area contributed by atoms with Crippen molar-refractivity contribution in [1.82, 2.24) is 14.5 Å². The predicted molar refractivity (Wildman–Crippen MR) is 148 cm³/mol. The molecule has 15 heteroatoms. The fraction of sp³-hybridized carbons (Fsp3) is 0.222. The molecule has 0 saturated carbocycles. The summed E-state index contributed by atoms with van der Waals surface area (Å²) < 4.78 is 41.2. The van der Waals surface area contributed by atoms with Gasteiger partial charge >= 0.3 is 12.0 Å². The van der Waals surface area contributed by atoms with Crippen LogP contribution in [-0.2, 0) is 25.4 Å². The maximum atomic E-state index is 13.7. The van der Waals surface area contributed by atoms with Gasteiger partial charge in [-0.15, -0.1) is 0 Å². The lowest BCUT2D eigenvalue weighted by atomic mass is 10.0. The third-order valence-corrected chi connectivity index (χ3v) is 8.24. The quantitative estimate of drug-likeness (QED) is 0.235. The largest absolute Gasteiger partial charge is 0.481 e. The van der Waals surface area contributed by atoms with Crippen molar-refractivity contribution in [3.05, 3.63) is 106 Å². The summed E-state index contributed by atoms with van der Waals surface area (Å²) in [5.74, 6) is -3.38. The van der Waals surface area contributed by atoms with Crippen LogP contribution in [-0.4, -0.2) is 64.8 Å². The first-order valence-corrected chi connectivity index (χ1v) is 14.2. The average molecular weight is 600 g/mol. The number of non-ortho nitro benzene ring substituents is 1. The highest BCUT2D eigenvalue weighted by molar-refractivity contribution is 7.88. The van der Waals surface area contributed by atoms with E-state index in [1.165, 1.54) is 30.3 Å². The highest BCUT2D eigenvalue weighted by Gasteiger charge is 2.46. The molecule has 0 bridgehead atoms. The Kier molecular flexibility index (Phi) is 9.12. The molecule has 3 N–H and O–H groups in total. The SMILES string of the molecule is O=C(O)CC(NC(=O)C1N(C(=O)Nc2ccc(F)cc2)CCN1S(=O)(=O)Cc1ccccc1)c1cccc([N+](=O)[O-])c1. The number of anilines is 1. The lowest BCUT2D eigenvalue weighted by molar-refractivity contribution is -0.384. The van der Waals surface area contributed by atoms with Crippen molar-refractivity contribution in [2.24, 2.45) is 0 Å². The smallest absolute Gasteiger partial charge is 0.323 e. The number of aliphatic carboxylic acids is 1. The third-order valence-electron chi connectivity index (χ3n) is 6.45. The zero-order valence-electron chi connectivity index (χ0n) is 21.9. The Morgan fingerprint density at radius 3 is 2.36 bits per heavy atom. The number of carbonyl (C=O) groups is 3. The monoisotopic (exact) mass is 599 g/mol. The van der Waals surface area contributed by atoms with Crippen LogP contribution in [0.25, 0.3) is 0 Å². The zero-order valence-corrected chi connectivity index (χ0v) is 22.7. The van der Waals surface area contributed by atoms with Crippen LogP contribution in [0.2, 0.25) is 0 Å². The summed E-state index contributed by atoms with van der Waals surface area (Å²) in [7, 11) is -4.20. The van der Waals surface area contributed by atoms with Crippen LogP contribution in [0.15, 0.2) is 78.9 Å². The number of hydrogen-bond acceptors (Lipinski definition) is 7. The van der Waals surface area contributed by atoms with Gasteiger partial charge in [0.1, 0.15) is 5.82 Å². The minimum absolute atomic E-state index is 0.0963. The molecule has 3 amide bonds. The zero-order chi connectivity index (χ0) is 30.4. The molecule has 1 heterocycles. The van der Waals surface area contributed by atoms with Gasteiger partial charge in [0.2, 0.25) is 10.0 Å². The van der Waals surface area contributed by atoms with Crippen LogP contribution in [0.5, 0.6) is 0 Å². The fourth-order valence-corrected chi connectivity index (χ4v) is 6.16. The fourth-order valence-electron chi connectivity index (χ4n) is 4.51. The number of urea groups is 1. The van der Waals surface area contributed by atoms with Crippen molar-refractivity contribution in [3.8, 4) is 0 Å². The molecule has 0 spiro atoms. The van der Waals surface area contributed by atoms with Crippen molar-refractivity contribution >= 4 is 39.3 Å². The maximum absolute atomic E-state index is 13.7. The molecule has 1 fully saturated rings. The van der Waals surface area contributed by atoms with E-state index in [-0.39, 0.29) is 30.0 Å². The molecule has 0 aliphatic carbocycles. The average Bonchev–Trinajstić information content (AvgIpc) is 3.41. The van der Waals surface area contributed by atoms with Crippen molar-refractivity contribution in [2.75, 3.05) is 18.4 Å². The number of hydrogen-bond donors (Lipinski definition) is 3. The Morgan fingerprint density at radius 1 is 1.02 bits per heavy atom. The van der Waals surface area contributed by atoms with Crippen molar-refractivity contribution in [3.63, 3.8) is 0 Å². The number of halogens is 1. The van der Waals surface area contributed by atoms with Crippen LogP contribution >= 0.6 is 0 Å². The van der Waals surface area contributed by atoms with Gasteiger partial charge in [0.25, 0.3) is 11.6 Å². The van der Waals surface area contributed by atoms with Gasteiger partial charge < -0.3 is 15.7 Å². The minimum atomic E-state index is -4.20. The first-order chi connectivity index (χ1) is 19.9. The molecule has 1 saturated heterocycles. The van der Waals surface area contributed by atoms with Crippen molar-refractivity contribution in [1.29, 1.82) is 0 Å². The Bertz CT molecular complexity index is 1590. The Hall–Kier alpha value is -4.89. The molecule has 4 rings (SSSR count). The highest BCUT2D eigenvalue weighted by Crippen LogP contribution is 2.26. The number of nitrogens with one attached hydrogen (secondary N) is 2. The minimum Gasteiger partial charge on any atom is -0.481 e. The van der Waals surface area contributed by atoms with E-state index in [1.54, 1.807) is 30.3 Å². The number of amides is 3. The molecular weight excluding hydrogens is 573 g/mol. The van der Waals surface area contributed by atoms with E-state index in [4.69, 9.17) is 0 Å². The normalized spacial score (nSPS) is 16.0. The third kappa shape index (κ3) is 7.24. The second-order valence-corrected chi connectivity index (χ2v) is 11.3. The maximum Gasteiger partial charge on any atom is 0.323 e. The number of sulfonamides is 1. The van der Waals surface area contributed by atoms with Gasteiger partial charge in [0.15, 0.2) is 6.17 Å². The second-order valence-electron chi connectivity index (χ2n) is 9.37. The molecule has 0 radical (unpaired) electrons. The van der Waals surface area contributed by atoms with Crippen LogP contribution < -0.4 is 10.6 Å². The number of carboxylic acids is 1. The molecule has 42 heavy (non-hydrogen) atoms. The molecule has 1 aliphatic rings. The lowest BCUT2D eigenvalue weighted by Crippen LogP contribution is -2.55. The summed E-state index contributed by atoms with van der Waals surface area (Å²) in [6.07, 6.45) is -2.41. The number of carbonyl (C=O) groups excluding carboxylic acids is 2. The lowest BCUT2D eigenvalue weighted by Gasteiger charge is -2.30.